The van der Waals surface area contributed by atoms with Crippen LogP contribution in [0.4, 0.5) is 0 Å². The number of ether oxygens (including phenoxy) is 1. The largest absolute Gasteiger partial charge is 0.497 e. The standard InChI is InChI=1S/C18H23NO6/c1-10(2)14(20)18(17(23)24)15(21)11(3)16(22)19(18)9-12-5-7-13(25-4)8-6-12/h5-8,11,14-15,20-21H,1,9H2,2-4H3,(H,23,24)/t11-,14+,15-,18-/m1/s1. The molecule has 7 nitrogen and oxygen atoms in total. The molecule has 1 aromatic carbocycles. The molecule has 0 radical (unpaired) electrons. The zero-order valence-electron chi connectivity index (χ0n) is 14.5. The predicted molar refractivity (Wildman–Crippen MR) is 89.9 cm³/mol. The summed E-state index contributed by atoms with van der Waals surface area (Å²) < 4.78 is 5.08. The molecule has 0 aromatic heterocycles. The molecule has 3 N–H and O–H groups in total. The second kappa shape index (κ2) is 6.85. The normalized spacial score (nSPS) is 27.2. The van der Waals surface area contributed by atoms with Crippen molar-refractivity contribution in [1.82, 2.24) is 4.90 Å². The van der Waals surface area contributed by atoms with Crippen LogP contribution in [0.3, 0.4) is 0 Å². The maximum absolute atomic E-state index is 12.6. The molecule has 0 aliphatic carbocycles. The minimum atomic E-state index is -2.18. The van der Waals surface area contributed by atoms with Crippen molar-refractivity contribution in [3.63, 3.8) is 0 Å². The fraction of sp³-hybridized carbons (Fsp3) is 0.444. The third-order valence-corrected chi connectivity index (χ3v) is 4.75. The molecule has 2 rings (SSSR count). The molecule has 1 aliphatic rings. The van der Waals surface area contributed by atoms with Gasteiger partial charge in [-0.15, -0.1) is 0 Å². The van der Waals surface area contributed by atoms with Gasteiger partial charge in [-0.05, 0) is 30.2 Å². The van der Waals surface area contributed by atoms with E-state index in [0.29, 0.717) is 11.3 Å². The van der Waals surface area contributed by atoms with Gasteiger partial charge in [-0.1, -0.05) is 25.6 Å². The van der Waals surface area contributed by atoms with Crippen LogP contribution in [0.1, 0.15) is 19.4 Å². The van der Waals surface area contributed by atoms with E-state index in [1.54, 1.807) is 24.3 Å². The van der Waals surface area contributed by atoms with Crippen molar-refractivity contribution in [3.05, 3.63) is 42.0 Å². The van der Waals surface area contributed by atoms with Crippen LogP contribution in [0, 0.1) is 5.92 Å². The van der Waals surface area contributed by atoms with Crippen LogP contribution in [-0.4, -0.2) is 57.0 Å². The number of aliphatic carboxylic acids is 1. The van der Waals surface area contributed by atoms with Crippen molar-refractivity contribution >= 4 is 11.9 Å². The number of carbonyl (C=O) groups excluding carboxylic acids is 1. The Kier molecular flexibility index (Phi) is 5.20. The monoisotopic (exact) mass is 349 g/mol. The average molecular weight is 349 g/mol. The van der Waals surface area contributed by atoms with E-state index >= 15 is 0 Å². The molecule has 0 saturated carbocycles. The van der Waals surface area contributed by atoms with E-state index in [0.717, 1.165) is 4.90 Å². The van der Waals surface area contributed by atoms with Crippen molar-refractivity contribution < 1.29 is 29.6 Å². The summed E-state index contributed by atoms with van der Waals surface area (Å²) in [7, 11) is 1.52. The van der Waals surface area contributed by atoms with Gasteiger partial charge in [0.25, 0.3) is 0 Å². The number of rotatable bonds is 6. The third-order valence-electron chi connectivity index (χ3n) is 4.75. The second-order valence-electron chi connectivity index (χ2n) is 6.39. The summed E-state index contributed by atoms with van der Waals surface area (Å²) in [5.41, 5.74) is -1.37. The first kappa shape index (κ1) is 19.0. The zero-order valence-corrected chi connectivity index (χ0v) is 14.5. The molecular weight excluding hydrogens is 326 g/mol. The maximum Gasteiger partial charge on any atom is 0.335 e. The van der Waals surface area contributed by atoms with Gasteiger partial charge in [0, 0.05) is 6.54 Å². The first-order valence-electron chi connectivity index (χ1n) is 7.87. The number of aliphatic hydroxyl groups excluding tert-OH is 2. The van der Waals surface area contributed by atoms with Crippen LogP contribution < -0.4 is 4.74 Å². The van der Waals surface area contributed by atoms with E-state index in [-0.39, 0.29) is 12.1 Å². The Hall–Kier alpha value is -2.38. The Bertz CT molecular complexity index is 685. The van der Waals surface area contributed by atoms with Crippen molar-refractivity contribution in [3.8, 4) is 5.75 Å². The van der Waals surface area contributed by atoms with Crippen LogP contribution in [-0.2, 0) is 16.1 Å². The summed E-state index contributed by atoms with van der Waals surface area (Å²) in [6.45, 7) is 6.44. The highest BCUT2D eigenvalue weighted by Crippen LogP contribution is 2.40. The fourth-order valence-corrected chi connectivity index (χ4v) is 3.27. The van der Waals surface area contributed by atoms with Crippen LogP contribution in [0.25, 0.3) is 0 Å². The van der Waals surface area contributed by atoms with Crippen molar-refractivity contribution in [2.24, 2.45) is 5.92 Å². The lowest BCUT2D eigenvalue weighted by Gasteiger charge is -2.40. The van der Waals surface area contributed by atoms with E-state index in [9.17, 15) is 24.9 Å². The molecule has 1 heterocycles. The van der Waals surface area contributed by atoms with Crippen molar-refractivity contribution in [2.45, 2.75) is 38.1 Å². The topological polar surface area (TPSA) is 107 Å². The molecule has 0 spiro atoms. The average Bonchev–Trinajstić information content (AvgIpc) is 2.77. The van der Waals surface area contributed by atoms with E-state index in [2.05, 4.69) is 6.58 Å². The molecule has 0 unspecified atom stereocenters. The number of nitrogens with zero attached hydrogens (tertiary/aromatic N) is 1. The van der Waals surface area contributed by atoms with E-state index in [4.69, 9.17) is 4.74 Å². The number of amides is 1. The molecule has 1 aliphatic heterocycles. The number of hydrogen-bond donors (Lipinski definition) is 3. The van der Waals surface area contributed by atoms with Gasteiger partial charge < -0.3 is 25.0 Å². The van der Waals surface area contributed by atoms with Gasteiger partial charge in [0.15, 0.2) is 5.54 Å². The minimum absolute atomic E-state index is 0.0686. The predicted octanol–water partition coefficient (Wildman–Crippen LogP) is 0.795. The molecule has 1 saturated heterocycles. The number of benzene rings is 1. The summed E-state index contributed by atoms with van der Waals surface area (Å²) in [6.07, 6.45) is -3.17. The minimum Gasteiger partial charge on any atom is -0.497 e. The van der Waals surface area contributed by atoms with E-state index in [1.165, 1.54) is 21.0 Å². The summed E-state index contributed by atoms with van der Waals surface area (Å²) >= 11 is 0. The molecular formula is C18H23NO6. The first-order valence-corrected chi connectivity index (χ1v) is 7.87. The van der Waals surface area contributed by atoms with Crippen LogP contribution in [0.2, 0.25) is 0 Å². The smallest absolute Gasteiger partial charge is 0.335 e. The van der Waals surface area contributed by atoms with Crippen LogP contribution >= 0.6 is 0 Å². The molecule has 136 valence electrons. The molecule has 1 aromatic rings. The van der Waals surface area contributed by atoms with Crippen LogP contribution in [0.5, 0.6) is 5.75 Å². The van der Waals surface area contributed by atoms with Gasteiger partial charge in [-0.3, -0.25) is 4.79 Å². The van der Waals surface area contributed by atoms with E-state index < -0.39 is 35.5 Å². The van der Waals surface area contributed by atoms with Crippen LogP contribution in [0.15, 0.2) is 36.4 Å². The van der Waals surface area contributed by atoms with Crippen molar-refractivity contribution in [2.75, 3.05) is 7.11 Å². The second-order valence-corrected chi connectivity index (χ2v) is 6.39. The third kappa shape index (κ3) is 2.89. The Morgan fingerprint density at radius 1 is 1.40 bits per heavy atom. The number of carboxylic acid groups (broad SMARTS) is 1. The quantitative estimate of drug-likeness (QED) is 0.656. The number of carbonyl (C=O) groups is 2. The molecule has 7 heteroatoms. The number of hydrogen-bond acceptors (Lipinski definition) is 5. The van der Waals surface area contributed by atoms with Gasteiger partial charge in [-0.25, -0.2) is 4.79 Å². The Morgan fingerprint density at radius 2 is 1.96 bits per heavy atom. The molecule has 4 atom stereocenters. The first-order chi connectivity index (χ1) is 11.7. The SMILES string of the molecule is C=C(C)[C@H](O)[C@]1(C(=O)O)[C@H](O)[C@@H](C)C(=O)N1Cc1ccc(OC)cc1. The number of carboxylic acids is 1. The molecule has 1 amide bonds. The lowest BCUT2D eigenvalue weighted by molar-refractivity contribution is -0.168. The van der Waals surface area contributed by atoms with Gasteiger partial charge >= 0.3 is 5.97 Å². The number of aliphatic hydroxyl groups is 2. The Morgan fingerprint density at radius 3 is 2.40 bits per heavy atom. The highest BCUT2D eigenvalue weighted by Gasteiger charge is 2.65. The van der Waals surface area contributed by atoms with E-state index in [1.807, 2.05) is 0 Å². The van der Waals surface area contributed by atoms with Gasteiger partial charge in [0.1, 0.15) is 18.0 Å². The molecule has 1 fully saturated rings. The summed E-state index contributed by atoms with van der Waals surface area (Å²) in [5.74, 6) is -2.34. The Balaban J connectivity index is 2.51. The summed E-state index contributed by atoms with van der Waals surface area (Å²) in [4.78, 5) is 25.8. The maximum atomic E-state index is 12.6. The van der Waals surface area contributed by atoms with Gasteiger partial charge in [-0.2, -0.15) is 0 Å². The Labute approximate surface area is 146 Å². The number of methoxy groups -OCH3 is 1. The lowest BCUT2D eigenvalue weighted by Crippen LogP contribution is -2.64. The van der Waals surface area contributed by atoms with Gasteiger partial charge in [0.05, 0.1) is 13.0 Å². The number of likely N-dealkylation sites (tertiary alicyclic amines) is 1. The summed E-state index contributed by atoms with van der Waals surface area (Å²) in [5, 5.41) is 30.9. The van der Waals surface area contributed by atoms with Gasteiger partial charge in [0.2, 0.25) is 5.91 Å². The summed E-state index contributed by atoms with van der Waals surface area (Å²) in [6, 6.07) is 6.77. The highest BCUT2D eigenvalue weighted by molar-refractivity contribution is 5.94. The van der Waals surface area contributed by atoms with Crippen molar-refractivity contribution in [1.29, 1.82) is 0 Å². The zero-order chi connectivity index (χ0) is 18.9. The lowest BCUT2D eigenvalue weighted by atomic mass is 9.81. The highest BCUT2D eigenvalue weighted by atomic mass is 16.5. The molecule has 0 bridgehead atoms. The fourth-order valence-electron chi connectivity index (χ4n) is 3.27. The molecule has 25 heavy (non-hydrogen) atoms.